The van der Waals surface area contributed by atoms with Gasteiger partial charge >= 0.3 is 0 Å². The first-order valence-electron chi connectivity index (χ1n) is 6.19. The predicted octanol–water partition coefficient (Wildman–Crippen LogP) is 1.93. The zero-order chi connectivity index (χ0) is 10.0. The highest BCUT2D eigenvalue weighted by molar-refractivity contribution is 5.01. The highest BCUT2D eigenvalue weighted by Gasteiger charge is 2.48. The molecule has 0 aromatic rings. The molecule has 2 heteroatoms. The van der Waals surface area contributed by atoms with Crippen LogP contribution in [0.25, 0.3) is 0 Å². The fourth-order valence-electron chi connectivity index (χ4n) is 3.28. The van der Waals surface area contributed by atoms with Crippen LogP contribution in [0.1, 0.15) is 45.4 Å². The van der Waals surface area contributed by atoms with Gasteiger partial charge in [0.25, 0.3) is 0 Å². The van der Waals surface area contributed by atoms with Crippen LogP contribution in [0.2, 0.25) is 0 Å². The third kappa shape index (κ3) is 1.82. The van der Waals surface area contributed by atoms with E-state index >= 15 is 0 Å². The highest BCUT2D eigenvalue weighted by atomic mass is 16.3. The Morgan fingerprint density at radius 1 is 1.36 bits per heavy atom. The van der Waals surface area contributed by atoms with Crippen molar-refractivity contribution < 1.29 is 5.11 Å². The number of rotatable bonds is 4. The molecule has 1 aliphatic heterocycles. The second-order valence-electron chi connectivity index (χ2n) is 5.12. The molecule has 2 fully saturated rings. The lowest BCUT2D eigenvalue weighted by Crippen LogP contribution is -2.36. The fraction of sp³-hybridized carbons (Fsp3) is 1.00. The molecule has 3 unspecified atom stereocenters. The van der Waals surface area contributed by atoms with Crippen LogP contribution in [0.15, 0.2) is 0 Å². The first-order chi connectivity index (χ1) is 6.76. The Hall–Kier alpha value is -0.0800. The van der Waals surface area contributed by atoms with Crippen molar-refractivity contribution in [3.8, 4) is 0 Å². The Morgan fingerprint density at radius 2 is 2.21 bits per heavy atom. The second-order valence-corrected chi connectivity index (χ2v) is 5.12. The molecule has 14 heavy (non-hydrogen) atoms. The molecule has 0 aromatic heterocycles. The van der Waals surface area contributed by atoms with Crippen molar-refractivity contribution in [3.63, 3.8) is 0 Å². The molecular weight excluding hydrogens is 174 g/mol. The molecule has 1 heterocycles. The van der Waals surface area contributed by atoms with Gasteiger partial charge in [-0.1, -0.05) is 26.2 Å². The fourth-order valence-corrected chi connectivity index (χ4v) is 3.28. The van der Waals surface area contributed by atoms with E-state index in [9.17, 15) is 5.11 Å². The van der Waals surface area contributed by atoms with Gasteiger partial charge in [-0.05, 0) is 31.7 Å². The van der Waals surface area contributed by atoms with Crippen LogP contribution in [0.3, 0.4) is 0 Å². The van der Waals surface area contributed by atoms with Crippen molar-refractivity contribution in [3.05, 3.63) is 0 Å². The van der Waals surface area contributed by atoms with Crippen LogP contribution in [-0.4, -0.2) is 23.8 Å². The van der Waals surface area contributed by atoms with Crippen LogP contribution < -0.4 is 5.32 Å². The smallest absolute Gasteiger partial charge is 0.0691 e. The summed E-state index contributed by atoms with van der Waals surface area (Å²) in [6, 6.07) is 0. The number of aliphatic hydroxyl groups is 1. The Bertz CT molecular complexity index is 195. The van der Waals surface area contributed by atoms with Crippen LogP contribution in [0.5, 0.6) is 0 Å². The van der Waals surface area contributed by atoms with E-state index in [2.05, 4.69) is 12.2 Å². The molecule has 2 rings (SSSR count). The number of hydrogen-bond acceptors (Lipinski definition) is 2. The topological polar surface area (TPSA) is 32.3 Å². The zero-order valence-electron chi connectivity index (χ0n) is 9.26. The van der Waals surface area contributed by atoms with Crippen LogP contribution in [0.4, 0.5) is 0 Å². The van der Waals surface area contributed by atoms with Crippen molar-refractivity contribution >= 4 is 0 Å². The van der Waals surface area contributed by atoms with Gasteiger partial charge in [-0.15, -0.1) is 0 Å². The lowest BCUT2D eigenvalue weighted by molar-refractivity contribution is -0.00710. The van der Waals surface area contributed by atoms with Gasteiger partial charge in [-0.25, -0.2) is 0 Å². The van der Waals surface area contributed by atoms with Gasteiger partial charge in [0.05, 0.1) is 5.60 Å². The van der Waals surface area contributed by atoms with Gasteiger partial charge in [0, 0.05) is 12.5 Å². The molecule has 82 valence electrons. The van der Waals surface area contributed by atoms with Crippen LogP contribution in [-0.2, 0) is 0 Å². The molecule has 0 spiro atoms. The monoisotopic (exact) mass is 197 g/mol. The molecular formula is C12H23NO. The van der Waals surface area contributed by atoms with E-state index in [0.717, 1.165) is 31.8 Å². The predicted molar refractivity (Wildman–Crippen MR) is 58.2 cm³/mol. The van der Waals surface area contributed by atoms with Crippen molar-refractivity contribution in [2.45, 2.75) is 51.0 Å². The summed E-state index contributed by atoms with van der Waals surface area (Å²) in [5, 5.41) is 14.0. The summed E-state index contributed by atoms with van der Waals surface area (Å²) < 4.78 is 0. The lowest BCUT2D eigenvalue weighted by Gasteiger charge is -2.29. The minimum Gasteiger partial charge on any atom is -0.390 e. The van der Waals surface area contributed by atoms with Gasteiger partial charge in [-0.2, -0.15) is 0 Å². The molecule has 0 radical (unpaired) electrons. The maximum atomic E-state index is 10.5. The maximum absolute atomic E-state index is 10.5. The standard InChI is InChI=1S/C12H23NO/c1-2-3-4-6-12(14)7-5-10-8-13-9-11(10)12/h10-11,13-14H,2-9H2,1H3. The summed E-state index contributed by atoms with van der Waals surface area (Å²) in [7, 11) is 0. The molecule has 1 saturated heterocycles. The molecule has 3 atom stereocenters. The molecule has 1 saturated carbocycles. The van der Waals surface area contributed by atoms with Gasteiger partial charge in [0.15, 0.2) is 0 Å². The average Bonchev–Trinajstić information content (AvgIpc) is 2.72. The van der Waals surface area contributed by atoms with E-state index in [1.807, 2.05) is 0 Å². The molecule has 0 amide bonds. The van der Waals surface area contributed by atoms with Crippen LogP contribution >= 0.6 is 0 Å². The molecule has 0 bridgehead atoms. The summed E-state index contributed by atoms with van der Waals surface area (Å²) in [5.41, 5.74) is -0.316. The Morgan fingerprint density at radius 3 is 3.00 bits per heavy atom. The van der Waals surface area contributed by atoms with Crippen LogP contribution in [0, 0.1) is 11.8 Å². The van der Waals surface area contributed by atoms with E-state index in [-0.39, 0.29) is 5.60 Å². The second kappa shape index (κ2) is 4.19. The van der Waals surface area contributed by atoms with Gasteiger partial charge in [-0.3, -0.25) is 0 Å². The largest absolute Gasteiger partial charge is 0.390 e. The highest BCUT2D eigenvalue weighted by Crippen LogP contribution is 2.44. The van der Waals surface area contributed by atoms with Gasteiger partial charge in [0.2, 0.25) is 0 Å². The van der Waals surface area contributed by atoms with Gasteiger partial charge < -0.3 is 10.4 Å². The minimum absolute atomic E-state index is 0.316. The first kappa shape index (κ1) is 10.4. The number of unbranched alkanes of at least 4 members (excludes halogenated alkanes) is 2. The quantitative estimate of drug-likeness (QED) is 0.675. The van der Waals surface area contributed by atoms with Crippen molar-refractivity contribution in [1.29, 1.82) is 0 Å². The molecule has 2 N–H and O–H groups in total. The average molecular weight is 197 g/mol. The summed E-state index contributed by atoms with van der Waals surface area (Å²) in [4.78, 5) is 0. The molecule has 1 aliphatic carbocycles. The summed E-state index contributed by atoms with van der Waals surface area (Å²) in [5.74, 6) is 1.32. The Balaban J connectivity index is 1.88. The first-order valence-corrected chi connectivity index (χ1v) is 6.19. The lowest BCUT2D eigenvalue weighted by atomic mass is 9.84. The Labute approximate surface area is 87.1 Å². The molecule has 0 aromatic carbocycles. The maximum Gasteiger partial charge on any atom is 0.0691 e. The third-order valence-corrected chi connectivity index (χ3v) is 4.19. The van der Waals surface area contributed by atoms with Crippen molar-refractivity contribution in [1.82, 2.24) is 5.32 Å². The summed E-state index contributed by atoms with van der Waals surface area (Å²) in [6.45, 7) is 4.41. The SMILES string of the molecule is CCCCCC1(O)CCC2CNCC21. The summed E-state index contributed by atoms with van der Waals surface area (Å²) >= 11 is 0. The zero-order valence-corrected chi connectivity index (χ0v) is 9.26. The van der Waals surface area contributed by atoms with E-state index in [0.29, 0.717) is 5.92 Å². The molecule has 2 aliphatic rings. The normalized spacial score (nSPS) is 41.6. The van der Waals surface area contributed by atoms with E-state index < -0.39 is 0 Å². The van der Waals surface area contributed by atoms with E-state index in [1.54, 1.807) is 0 Å². The number of hydrogen-bond donors (Lipinski definition) is 2. The van der Waals surface area contributed by atoms with Crippen molar-refractivity contribution in [2.75, 3.05) is 13.1 Å². The van der Waals surface area contributed by atoms with Gasteiger partial charge in [0.1, 0.15) is 0 Å². The third-order valence-electron chi connectivity index (χ3n) is 4.19. The van der Waals surface area contributed by atoms with E-state index in [4.69, 9.17) is 0 Å². The Kier molecular flexibility index (Phi) is 3.13. The van der Waals surface area contributed by atoms with E-state index in [1.165, 1.54) is 25.7 Å². The summed E-state index contributed by atoms with van der Waals surface area (Å²) in [6.07, 6.45) is 7.05. The number of fused-ring (bicyclic) bond motifs is 1. The minimum atomic E-state index is -0.316. The van der Waals surface area contributed by atoms with Crippen molar-refractivity contribution in [2.24, 2.45) is 11.8 Å². The number of nitrogens with one attached hydrogen (secondary N) is 1. The molecule has 2 nitrogen and oxygen atoms in total.